The van der Waals surface area contributed by atoms with Gasteiger partial charge in [-0.15, -0.1) is 0 Å². The minimum atomic E-state index is -1.12. The van der Waals surface area contributed by atoms with Crippen LogP contribution in [0, 0.1) is 0 Å². The molecule has 242 valence electrons. The van der Waals surface area contributed by atoms with Crippen molar-refractivity contribution in [2.75, 3.05) is 32.8 Å². The lowest BCUT2D eigenvalue weighted by Gasteiger charge is -2.38. The number of carbonyl (C=O) groups excluding carboxylic acids is 1. The molecule has 4 aromatic carbocycles. The number of nitrogens with one attached hydrogen (secondary N) is 1. The van der Waals surface area contributed by atoms with Crippen LogP contribution in [0.15, 0.2) is 121 Å². The van der Waals surface area contributed by atoms with Crippen molar-refractivity contribution >= 4 is 5.91 Å². The van der Waals surface area contributed by atoms with Crippen LogP contribution in [0.25, 0.3) is 0 Å². The molecule has 5 rings (SSSR count). The van der Waals surface area contributed by atoms with E-state index in [1.807, 2.05) is 121 Å². The third-order valence-electron chi connectivity index (χ3n) is 7.92. The fraction of sp³-hybridized carbons (Fsp3) is 0.342. The molecule has 4 atom stereocenters. The lowest BCUT2D eigenvalue weighted by molar-refractivity contribution is -0.196. The average Bonchev–Trinajstić information content (AvgIpc) is 3.12. The van der Waals surface area contributed by atoms with E-state index in [4.69, 9.17) is 18.9 Å². The first-order valence-corrected chi connectivity index (χ1v) is 15.9. The van der Waals surface area contributed by atoms with Crippen LogP contribution in [0.3, 0.4) is 0 Å². The van der Waals surface area contributed by atoms with Gasteiger partial charge in [0.15, 0.2) is 6.10 Å². The Kier molecular flexibility index (Phi) is 13.3. The molecule has 4 unspecified atom stereocenters. The lowest BCUT2D eigenvalue weighted by atomic mass is 10.0. The highest BCUT2D eigenvalue weighted by atomic mass is 16.6. The second-order valence-corrected chi connectivity index (χ2v) is 11.4. The lowest BCUT2D eigenvalue weighted by Crippen LogP contribution is -2.58. The summed E-state index contributed by atoms with van der Waals surface area (Å²) >= 11 is 0. The van der Waals surface area contributed by atoms with Gasteiger partial charge in [0, 0.05) is 26.2 Å². The molecule has 8 heteroatoms. The van der Waals surface area contributed by atoms with E-state index in [1.165, 1.54) is 0 Å². The molecule has 1 amide bonds. The Balaban J connectivity index is 1.44. The van der Waals surface area contributed by atoms with Gasteiger partial charge in [-0.05, 0) is 22.3 Å². The van der Waals surface area contributed by atoms with E-state index >= 15 is 0 Å². The zero-order chi connectivity index (χ0) is 31.8. The summed E-state index contributed by atoms with van der Waals surface area (Å²) in [6, 6.07) is 39.0. The van der Waals surface area contributed by atoms with E-state index < -0.39 is 24.4 Å². The molecule has 0 spiro atoms. The van der Waals surface area contributed by atoms with Crippen LogP contribution >= 0.6 is 0 Å². The molecule has 0 aliphatic carbocycles. The summed E-state index contributed by atoms with van der Waals surface area (Å²) < 4.78 is 25.6. The number of benzene rings is 4. The fourth-order valence-corrected chi connectivity index (χ4v) is 5.41. The van der Waals surface area contributed by atoms with Gasteiger partial charge in [0.2, 0.25) is 0 Å². The SMILES string of the molecule is O=C(C(OCc1ccccc1)C(OCc1ccccc1)C(OCc1ccccc1)C(O)COCc1ccccc1)N1CCNCC1. The van der Waals surface area contributed by atoms with Crippen molar-refractivity contribution in [2.45, 2.75) is 50.8 Å². The molecule has 0 aromatic heterocycles. The Morgan fingerprint density at radius 2 is 1.02 bits per heavy atom. The number of carbonyl (C=O) groups is 1. The van der Waals surface area contributed by atoms with Crippen LogP contribution in [0.4, 0.5) is 0 Å². The van der Waals surface area contributed by atoms with E-state index in [-0.39, 0.29) is 32.3 Å². The van der Waals surface area contributed by atoms with Crippen LogP contribution in [0.2, 0.25) is 0 Å². The highest BCUT2D eigenvalue weighted by Crippen LogP contribution is 2.23. The maximum Gasteiger partial charge on any atom is 0.254 e. The monoisotopic (exact) mass is 624 g/mol. The number of hydrogen-bond donors (Lipinski definition) is 2. The third-order valence-corrected chi connectivity index (χ3v) is 7.92. The van der Waals surface area contributed by atoms with Crippen molar-refractivity contribution in [2.24, 2.45) is 0 Å². The van der Waals surface area contributed by atoms with Crippen LogP contribution in [-0.4, -0.2) is 73.1 Å². The van der Waals surface area contributed by atoms with Gasteiger partial charge in [-0.1, -0.05) is 121 Å². The maximum atomic E-state index is 14.3. The average molecular weight is 625 g/mol. The number of hydrogen-bond acceptors (Lipinski definition) is 7. The largest absolute Gasteiger partial charge is 0.388 e. The van der Waals surface area contributed by atoms with E-state index in [2.05, 4.69) is 5.32 Å². The van der Waals surface area contributed by atoms with Crippen molar-refractivity contribution in [3.63, 3.8) is 0 Å². The van der Waals surface area contributed by atoms with Gasteiger partial charge >= 0.3 is 0 Å². The summed E-state index contributed by atoms with van der Waals surface area (Å²) in [4.78, 5) is 16.1. The Labute approximate surface area is 271 Å². The number of nitrogens with zero attached hydrogens (tertiary/aromatic N) is 1. The van der Waals surface area contributed by atoms with Gasteiger partial charge in [-0.2, -0.15) is 0 Å². The Bertz CT molecular complexity index is 1400. The van der Waals surface area contributed by atoms with Gasteiger partial charge in [-0.25, -0.2) is 0 Å². The predicted octanol–water partition coefficient (Wildman–Crippen LogP) is 4.75. The quantitative estimate of drug-likeness (QED) is 0.175. The first kappa shape index (κ1) is 33.5. The van der Waals surface area contributed by atoms with E-state index in [0.29, 0.717) is 32.8 Å². The number of amides is 1. The molecule has 1 fully saturated rings. The highest BCUT2D eigenvalue weighted by Gasteiger charge is 2.42. The molecule has 4 aromatic rings. The third kappa shape index (κ3) is 10.3. The minimum Gasteiger partial charge on any atom is -0.388 e. The van der Waals surface area contributed by atoms with Crippen LogP contribution in [0.5, 0.6) is 0 Å². The zero-order valence-corrected chi connectivity index (χ0v) is 26.2. The fourth-order valence-electron chi connectivity index (χ4n) is 5.41. The Hall–Kier alpha value is -3.89. The zero-order valence-electron chi connectivity index (χ0n) is 26.2. The van der Waals surface area contributed by atoms with Crippen molar-refractivity contribution < 1.29 is 28.8 Å². The molecule has 1 aliphatic heterocycles. The molecule has 8 nitrogen and oxygen atoms in total. The number of ether oxygens (including phenoxy) is 4. The van der Waals surface area contributed by atoms with E-state index in [1.54, 1.807) is 4.90 Å². The first-order chi connectivity index (χ1) is 22.7. The highest BCUT2D eigenvalue weighted by molar-refractivity contribution is 5.82. The van der Waals surface area contributed by atoms with Crippen molar-refractivity contribution in [3.8, 4) is 0 Å². The van der Waals surface area contributed by atoms with Crippen LogP contribution in [0.1, 0.15) is 22.3 Å². The molecule has 2 N–H and O–H groups in total. The first-order valence-electron chi connectivity index (χ1n) is 15.9. The summed E-state index contributed by atoms with van der Waals surface area (Å²) in [6.07, 6.45) is -4.07. The minimum absolute atomic E-state index is 0.0211. The van der Waals surface area contributed by atoms with Crippen molar-refractivity contribution in [3.05, 3.63) is 144 Å². The van der Waals surface area contributed by atoms with Gasteiger partial charge in [-0.3, -0.25) is 4.79 Å². The van der Waals surface area contributed by atoms with Crippen LogP contribution < -0.4 is 5.32 Å². The van der Waals surface area contributed by atoms with Crippen LogP contribution in [-0.2, 0) is 50.2 Å². The van der Waals surface area contributed by atoms with Gasteiger partial charge in [0.25, 0.3) is 5.91 Å². The van der Waals surface area contributed by atoms with Gasteiger partial charge in [0.05, 0.1) is 33.0 Å². The molecule has 1 aliphatic rings. The molecular weight excluding hydrogens is 580 g/mol. The summed E-state index contributed by atoms with van der Waals surface area (Å²) in [5, 5.41) is 15.0. The summed E-state index contributed by atoms with van der Waals surface area (Å²) in [6.45, 7) is 3.39. The van der Waals surface area contributed by atoms with E-state index in [0.717, 1.165) is 22.3 Å². The number of aliphatic hydroxyl groups excluding tert-OH is 1. The number of aliphatic hydroxyl groups is 1. The summed E-state index contributed by atoms with van der Waals surface area (Å²) in [7, 11) is 0. The van der Waals surface area contributed by atoms with Gasteiger partial charge in [0.1, 0.15) is 18.3 Å². The topological polar surface area (TPSA) is 89.5 Å². The normalized spacial score (nSPS) is 16.0. The second kappa shape index (κ2) is 18.3. The predicted molar refractivity (Wildman–Crippen MR) is 177 cm³/mol. The van der Waals surface area contributed by atoms with Crippen molar-refractivity contribution in [1.82, 2.24) is 10.2 Å². The summed E-state index contributed by atoms with van der Waals surface area (Å²) in [5.41, 5.74) is 3.78. The van der Waals surface area contributed by atoms with Crippen molar-refractivity contribution in [1.29, 1.82) is 0 Å². The molecule has 0 radical (unpaired) electrons. The Morgan fingerprint density at radius 3 is 1.50 bits per heavy atom. The number of rotatable bonds is 17. The Morgan fingerprint density at radius 1 is 0.609 bits per heavy atom. The molecule has 0 bridgehead atoms. The molecule has 46 heavy (non-hydrogen) atoms. The maximum absolute atomic E-state index is 14.3. The van der Waals surface area contributed by atoms with Gasteiger partial charge < -0.3 is 34.3 Å². The smallest absolute Gasteiger partial charge is 0.254 e. The summed E-state index contributed by atoms with van der Waals surface area (Å²) in [5.74, 6) is -0.193. The molecular formula is C38H44N2O6. The molecule has 0 saturated carbocycles. The standard InChI is InChI=1S/C38H44N2O6/c41-34(29-43-25-30-13-5-1-6-14-30)35(44-26-31-15-7-2-8-16-31)36(45-27-32-17-9-3-10-18-32)37(38(42)40-23-21-39-22-24-40)46-28-33-19-11-4-12-20-33/h1-20,34-37,39,41H,21-29H2. The van der Waals surface area contributed by atoms with E-state index in [9.17, 15) is 9.90 Å². The second-order valence-electron chi connectivity index (χ2n) is 11.4. The molecule has 1 heterocycles. The molecule has 1 saturated heterocycles. The number of piperazine rings is 1.